The van der Waals surface area contributed by atoms with Crippen molar-refractivity contribution in [3.05, 3.63) is 167 Å². The number of fused-ring (bicyclic) bond motifs is 5. The highest BCUT2D eigenvalue weighted by molar-refractivity contribution is 6.04. The molecule has 0 saturated heterocycles. The van der Waals surface area contributed by atoms with Gasteiger partial charge in [0.25, 0.3) is 0 Å². The maximum absolute atomic E-state index is 14.0. The van der Waals surface area contributed by atoms with Crippen LogP contribution in [-0.4, -0.2) is 45.4 Å². The molecule has 4 aromatic rings. The van der Waals surface area contributed by atoms with E-state index < -0.39 is 45.6 Å². The van der Waals surface area contributed by atoms with Crippen LogP contribution < -0.4 is 0 Å². The van der Waals surface area contributed by atoms with Crippen LogP contribution in [0.3, 0.4) is 0 Å². The van der Waals surface area contributed by atoms with Crippen molar-refractivity contribution in [2.45, 2.75) is 82.7 Å². The summed E-state index contributed by atoms with van der Waals surface area (Å²) >= 11 is 0. The minimum absolute atomic E-state index is 0.0147. The summed E-state index contributed by atoms with van der Waals surface area (Å²) in [5.74, 6) is -2.91. The van der Waals surface area contributed by atoms with Crippen molar-refractivity contribution in [1.29, 1.82) is 0 Å². The molecule has 0 bridgehead atoms. The Morgan fingerprint density at radius 3 is 1.88 bits per heavy atom. The molecule has 0 amide bonds. The summed E-state index contributed by atoms with van der Waals surface area (Å²) < 4.78 is 14.0. The first kappa shape index (κ1) is 38.3. The first-order valence-corrected chi connectivity index (χ1v) is 20.2. The van der Waals surface area contributed by atoms with E-state index in [1.807, 2.05) is 86.6 Å². The van der Waals surface area contributed by atoms with Crippen LogP contribution in [0.2, 0.25) is 0 Å². The summed E-state index contributed by atoms with van der Waals surface area (Å²) in [7, 11) is 0. The average Bonchev–Trinajstić information content (AvgIpc) is 3.62. The predicted molar refractivity (Wildman–Crippen MR) is 217 cm³/mol. The summed E-state index contributed by atoms with van der Waals surface area (Å²) in [5, 5.41) is 25.8. The lowest BCUT2D eigenvalue weighted by Gasteiger charge is -2.50. The molecule has 8 rings (SSSR count). The van der Waals surface area contributed by atoms with Crippen LogP contribution in [0, 0.1) is 35.0 Å². The van der Waals surface area contributed by atoms with Gasteiger partial charge < -0.3 is 19.7 Å². The highest BCUT2D eigenvalue weighted by Gasteiger charge is 2.83. The van der Waals surface area contributed by atoms with Crippen LogP contribution in [0.5, 0.6) is 0 Å². The molecule has 8 atom stereocenters. The van der Waals surface area contributed by atoms with Gasteiger partial charge >= 0.3 is 5.97 Å². The van der Waals surface area contributed by atoms with Gasteiger partial charge in [0.05, 0.1) is 18.1 Å². The van der Waals surface area contributed by atoms with Gasteiger partial charge in [-0.05, 0) is 65.5 Å². The molecular weight excluding hydrogens is 697 g/mol. The highest BCUT2D eigenvalue weighted by Crippen LogP contribution is 2.76. The summed E-state index contributed by atoms with van der Waals surface area (Å²) in [6.07, 6.45) is 5.77. The van der Waals surface area contributed by atoms with Gasteiger partial charge in [-0.2, -0.15) is 0 Å². The Kier molecular flexibility index (Phi) is 9.63. The molecule has 0 aromatic heterocycles. The van der Waals surface area contributed by atoms with Crippen molar-refractivity contribution in [1.82, 2.24) is 0 Å². The van der Waals surface area contributed by atoms with Crippen molar-refractivity contribution in [3.63, 3.8) is 0 Å². The van der Waals surface area contributed by atoms with Crippen molar-refractivity contribution >= 4 is 11.8 Å². The molecule has 0 aliphatic heterocycles. The minimum Gasteiger partial charge on any atom is -0.458 e. The van der Waals surface area contributed by atoms with Crippen LogP contribution in [0.25, 0.3) is 0 Å². The lowest BCUT2D eigenvalue weighted by molar-refractivity contribution is -0.189. The van der Waals surface area contributed by atoms with E-state index in [4.69, 9.17) is 9.47 Å². The Morgan fingerprint density at radius 1 is 0.821 bits per heavy atom. The number of Topliss-reactive ketones (excluding diaryl/α,β-unsaturated/α-hetero) is 1. The SMILES string of the molecule is CC1=C[C@H]2[C@@]3(O)[C@H](C)C[C@]4(OC(=O)C(C)CCc5ccccc5)[C@H]([C@@H]3C=C(COC(c3ccccc3)(c3ccccc3)c3ccccc3)C[C@]2(O)C1=O)C4(C)C. The fourth-order valence-electron chi connectivity index (χ4n) is 11.0. The van der Waals surface area contributed by atoms with E-state index in [0.717, 1.165) is 28.7 Å². The van der Waals surface area contributed by atoms with E-state index in [1.165, 1.54) is 5.56 Å². The number of aliphatic hydroxyl groups is 2. The number of aryl methyl sites for hydroxylation is 1. The second kappa shape index (κ2) is 14.1. The van der Waals surface area contributed by atoms with E-state index in [2.05, 4.69) is 68.5 Å². The normalized spacial score (nSPS) is 30.8. The number of esters is 1. The molecule has 4 aliphatic carbocycles. The van der Waals surface area contributed by atoms with Gasteiger partial charge in [-0.3, -0.25) is 9.59 Å². The average molecular weight is 751 g/mol. The molecule has 2 fully saturated rings. The number of hydrogen-bond acceptors (Lipinski definition) is 6. The fraction of sp³-hybridized carbons (Fsp3) is 0.400. The Balaban J connectivity index is 1.19. The third-order valence-corrected chi connectivity index (χ3v) is 14.1. The smallest absolute Gasteiger partial charge is 0.309 e. The Bertz CT molecular complexity index is 2050. The van der Waals surface area contributed by atoms with Gasteiger partial charge in [0, 0.05) is 29.6 Å². The molecule has 6 nitrogen and oxygen atoms in total. The molecule has 1 unspecified atom stereocenters. The number of ether oxygens (including phenoxy) is 2. The van der Waals surface area contributed by atoms with E-state index >= 15 is 0 Å². The first-order chi connectivity index (χ1) is 26.8. The summed E-state index contributed by atoms with van der Waals surface area (Å²) in [5.41, 5.74) is -0.454. The van der Waals surface area contributed by atoms with E-state index in [9.17, 15) is 19.8 Å². The summed E-state index contributed by atoms with van der Waals surface area (Å²) in [6.45, 7) is 10.00. The van der Waals surface area contributed by atoms with Crippen LogP contribution in [0.15, 0.2) is 145 Å². The molecule has 2 saturated carbocycles. The van der Waals surface area contributed by atoms with Gasteiger partial charge in [0.1, 0.15) is 16.8 Å². The van der Waals surface area contributed by atoms with Gasteiger partial charge in [0.15, 0.2) is 5.78 Å². The van der Waals surface area contributed by atoms with Gasteiger partial charge in [-0.15, -0.1) is 0 Å². The zero-order chi connectivity index (χ0) is 39.5. The molecule has 4 aliphatic rings. The van der Waals surface area contributed by atoms with E-state index in [0.29, 0.717) is 18.4 Å². The maximum Gasteiger partial charge on any atom is 0.309 e. The Hall–Kier alpha value is -4.62. The Morgan fingerprint density at radius 2 is 1.34 bits per heavy atom. The number of ketones is 1. The number of rotatable bonds is 11. The van der Waals surface area contributed by atoms with Crippen molar-refractivity contribution in [2.75, 3.05) is 6.61 Å². The molecule has 2 N–H and O–H groups in total. The maximum atomic E-state index is 14.0. The monoisotopic (exact) mass is 750 g/mol. The zero-order valence-corrected chi connectivity index (χ0v) is 33.2. The summed E-state index contributed by atoms with van der Waals surface area (Å²) in [6, 6.07) is 40.6. The second-order valence-electron chi connectivity index (χ2n) is 17.6. The molecule has 4 aromatic carbocycles. The largest absolute Gasteiger partial charge is 0.458 e. The van der Waals surface area contributed by atoms with E-state index in [-0.39, 0.29) is 36.6 Å². The zero-order valence-electron chi connectivity index (χ0n) is 33.2. The van der Waals surface area contributed by atoms with Gasteiger partial charge in [-0.25, -0.2) is 0 Å². The first-order valence-electron chi connectivity index (χ1n) is 20.2. The summed E-state index contributed by atoms with van der Waals surface area (Å²) in [4.78, 5) is 28.0. The molecule has 0 radical (unpaired) electrons. The van der Waals surface area contributed by atoms with Crippen molar-refractivity contribution < 1.29 is 29.3 Å². The van der Waals surface area contributed by atoms with Crippen LogP contribution in [0.4, 0.5) is 0 Å². The third-order valence-electron chi connectivity index (χ3n) is 14.1. The molecule has 290 valence electrons. The minimum atomic E-state index is -1.85. The Labute approximate surface area is 331 Å². The van der Waals surface area contributed by atoms with Crippen molar-refractivity contribution in [2.24, 2.45) is 35.0 Å². The van der Waals surface area contributed by atoms with Crippen LogP contribution in [-0.2, 0) is 31.1 Å². The standard InChI is InChI=1S/C50H54O6/c1-33(26-27-36-18-10-6-11-19-36)45(52)56-48-30-35(3)49(54)41(43(48)46(48,4)5)29-37(31-47(53)42(49)28-34(2)44(47)51)32-55-50(38-20-12-7-13-21-38,39-22-14-8-15-23-39)40-24-16-9-17-25-40/h6-25,28-29,33,35,41-43,53-54H,26-27,30-32H2,1-5H3/t33?,35-,41+,42-,43-,47-,48+,49-/m1/s1. The lowest BCUT2D eigenvalue weighted by atomic mass is 9.60. The molecule has 0 spiro atoms. The highest BCUT2D eigenvalue weighted by atomic mass is 16.6. The van der Waals surface area contributed by atoms with Crippen LogP contribution >= 0.6 is 0 Å². The molecule has 0 heterocycles. The third kappa shape index (κ3) is 5.87. The second-order valence-corrected chi connectivity index (χ2v) is 17.6. The number of benzene rings is 4. The van der Waals surface area contributed by atoms with E-state index in [1.54, 1.807) is 13.0 Å². The number of carbonyl (C=O) groups excluding carboxylic acids is 2. The van der Waals surface area contributed by atoms with Gasteiger partial charge in [-0.1, -0.05) is 161 Å². The number of hydrogen-bond donors (Lipinski definition) is 2. The topological polar surface area (TPSA) is 93.1 Å². The molecule has 56 heavy (non-hydrogen) atoms. The molecule has 6 heteroatoms. The number of carbonyl (C=O) groups is 2. The van der Waals surface area contributed by atoms with Crippen molar-refractivity contribution in [3.8, 4) is 0 Å². The van der Waals surface area contributed by atoms with Gasteiger partial charge in [0.2, 0.25) is 0 Å². The lowest BCUT2D eigenvalue weighted by Crippen LogP contribution is -2.61. The molecular formula is C50H54O6. The quantitative estimate of drug-likeness (QED) is 0.0905. The fourth-order valence-corrected chi connectivity index (χ4v) is 11.0. The predicted octanol–water partition coefficient (Wildman–Crippen LogP) is 8.80. The van der Waals surface area contributed by atoms with Crippen LogP contribution in [0.1, 0.15) is 76.1 Å².